The number of aromatic nitrogens is 4. The lowest BCUT2D eigenvalue weighted by atomic mass is 10.4. The minimum atomic E-state index is -0.556. The summed E-state index contributed by atoms with van der Waals surface area (Å²) < 4.78 is 10.3. The number of amides is 2. The van der Waals surface area contributed by atoms with Crippen LogP contribution in [0.2, 0.25) is 0 Å². The van der Waals surface area contributed by atoms with E-state index in [1.165, 1.54) is 29.9 Å². The van der Waals surface area contributed by atoms with Crippen molar-refractivity contribution in [2.24, 2.45) is 0 Å². The highest BCUT2D eigenvalue weighted by Crippen LogP contribution is 2.25. The molecule has 0 bridgehead atoms. The molecular weight excluding hydrogens is 372 g/mol. The van der Waals surface area contributed by atoms with E-state index in [4.69, 9.17) is 8.83 Å². The third-order valence-corrected chi connectivity index (χ3v) is 4.01. The summed E-state index contributed by atoms with van der Waals surface area (Å²) in [5.74, 6) is -0.485. The Hall–Kier alpha value is -3.86. The Bertz CT molecular complexity index is 1070. The van der Waals surface area contributed by atoms with Crippen molar-refractivity contribution >= 4 is 34.3 Å². The number of anilines is 2. The van der Waals surface area contributed by atoms with Gasteiger partial charge in [-0.05, 0) is 12.1 Å². The molecule has 0 atom stereocenters. The van der Waals surface area contributed by atoms with Crippen molar-refractivity contribution < 1.29 is 18.4 Å². The number of nitrogens with zero attached hydrogens (tertiary/aromatic N) is 4. The molecule has 10 nitrogen and oxygen atoms in total. The highest BCUT2D eigenvalue weighted by molar-refractivity contribution is 7.14. The van der Waals surface area contributed by atoms with E-state index >= 15 is 0 Å². The van der Waals surface area contributed by atoms with Gasteiger partial charge < -0.3 is 8.83 Å². The number of rotatable bonds is 5. The monoisotopic (exact) mass is 382 g/mol. The fourth-order valence-electron chi connectivity index (χ4n) is 2.04. The second-order valence-corrected chi connectivity index (χ2v) is 5.91. The van der Waals surface area contributed by atoms with E-state index in [0.717, 1.165) is 6.26 Å². The van der Waals surface area contributed by atoms with E-state index in [-0.39, 0.29) is 17.4 Å². The van der Waals surface area contributed by atoms with Crippen LogP contribution in [0.25, 0.3) is 11.5 Å². The molecule has 0 spiro atoms. The van der Waals surface area contributed by atoms with Gasteiger partial charge in [0.1, 0.15) is 17.7 Å². The predicted octanol–water partition coefficient (Wildman–Crippen LogP) is 2.69. The number of furan rings is 1. The number of hydrogen-bond donors (Lipinski definition) is 2. The molecule has 11 heteroatoms. The summed E-state index contributed by atoms with van der Waals surface area (Å²) in [4.78, 5) is 40.1. The van der Waals surface area contributed by atoms with E-state index in [0.29, 0.717) is 16.6 Å². The van der Waals surface area contributed by atoms with Gasteiger partial charge >= 0.3 is 6.01 Å². The number of carbonyl (C=O) groups excluding carboxylic acids is 2. The van der Waals surface area contributed by atoms with Crippen LogP contribution in [0.3, 0.4) is 0 Å². The fraction of sp³-hybridized carbons (Fsp3) is 0. The fourth-order valence-corrected chi connectivity index (χ4v) is 2.74. The van der Waals surface area contributed by atoms with Crippen molar-refractivity contribution in [1.29, 1.82) is 0 Å². The first-order valence-corrected chi connectivity index (χ1v) is 8.40. The maximum Gasteiger partial charge on any atom is 0.302 e. The standard InChI is InChI=1S/C16H10N6O4S/c23-13(9-6-17-3-4-18-9)21-15-19-10(7-26-15)14(24)22-16-20-11(8-27-16)12-2-1-5-25-12/h1-8H,(H,19,21,23)(H,20,22,24). The van der Waals surface area contributed by atoms with Gasteiger partial charge in [-0.1, -0.05) is 0 Å². The molecule has 0 unspecified atom stereocenters. The molecule has 2 amide bonds. The Kier molecular flexibility index (Phi) is 4.41. The number of thiazole rings is 1. The Balaban J connectivity index is 1.41. The molecule has 0 saturated heterocycles. The van der Waals surface area contributed by atoms with Gasteiger partial charge in [0.05, 0.1) is 12.5 Å². The van der Waals surface area contributed by atoms with Crippen LogP contribution in [0.5, 0.6) is 0 Å². The molecule has 4 aromatic rings. The molecule has 0 aliphatic rings. The second kappa shape index (κ2) is 7.17. The number of oxazole rings is 1. The summed E-state index contributed by atoms with van der Waals surface area (Å²) >= 11 is 1.24. The number of carbonyl (C=O) groups is 2. The maximum absolute atomic E-state index is 12.3. The van der Waals surface area contributed by atoms with Gasteiger partial charge in [0.25, 0.3) is 11.8 Å². The molecule has 0 radical (unpaired) electrons. The molecule has 4 aromatic heterocycles. The van der Waals surface area contributed by atoms with E-state index in [2.05, 4.69) is 30.6 Å². The van der Waals surface area contributed by atoms with Gasteiger partial charge in [-0.3, -0.25) is 25.2 Å². The van der Waals surface area contributed by atoms with Gasteiger partial charge in [0, 0.05) is 17.8 Å². The topological polar surface area (TPSA) is 136 Å². The zero-order valence-corrected chi connectivity index (χ0v) is 14.3. The first-order valence-electron chi connectivity index (χ1n) is 7.53. The SMILES string of the molecule is O=C(Nc1nc(C(=O)Nc2nc(-c3ccco3)cs2)co1)c1cnccn1. The quantitative estimate of drug-likeness (QED) is 0.538. The average Bonchev–Trinajstić information content (AvgIpc) is 3.44. The zero-order valence-electron chi connectivity index (χ0n) is 13.4. The normalized spacial score (nSPS) is 10.5. The van der Waals surface area contributed by atoms with Gasteiger partial charge in [-0.15, -0.1) is 11.3 Å². The lowest BCUT2D eigenvalue weighted by molar-refractivity contribution is 0.101. The van der Waals surface area contributed by atoms with Crippen LogP contribution in [0.1, 0.15) is 21.0 Å². The number of nitrogens with one attached hydrogen (secondary N) is 2. The van der Waals surface area contributed by atoms with Crippen molar-refractivity contribution in [3.05, 3.63) is 60.0 Å². The van der Waals surface area contributed by atoms with Gasteiger partial charge in [-0.2, -0.15) is 4.98 Å². The summed E-state index contributed by atoms with van der Waals surface area (Å²) in [6.07, 6.45) is 6.79. The molecule has 4 rings (SSSR count). The van der Waals surface area contributed by atoms with Crippen molar-refractivity contribution in [2.45, 2.75) is 0 Å². The van der Waals surface area contributed by atoms with Crippen LogP contribution in [0.4, 0.5) is 11.1 Å². The summed E-state index contributed by atoms with van der Waals surface area (Å²) in [6, 6.07) is 3.38. The summed E-state index contributed by atoms with van der Waals surface area (Å²) in [5, 5.41) is 7.13. The molecule has 0 aliphatic carbocycles. The largest absolute Gasteiger partial charge is 0.463 e. The first-order chi connectivity index (χ1) is 13.2. The second-order valence-electron chi connectivity index (χ2n) is 5.05. The van der Waals surface area contributed by atoms with Crippen LogP contribution in [-0.2, 0) is 0 Å². The molecule has 4 heterocycles. The highest BCUT2D eigenvalue weighted by atomic mass is 32.1. The highest BCUT2D eigenvalue weighted by Gasteiger charge is 2.17. The Labute approximate surface area is 155 Å². The van der Waals surface area contributed by atoms with Crippen LogP contribution in [0.15, 0.2) is 57.5 Å². The van der Waals surface area contributed by atoms with E-state index in [9.17, 15) is 9.59 Å². The predicted molar refractivity (Wildman–Crippen MR) is 94.3 cm³/mol. The average molecular weight is 382 g/mol. The lowest BCUT2D eigenvalue weighted by Crippen LogP contribution is -2.15. The molecule has 0 aliphatic heterocycles. The zero-order chi connectivity index (χ0) is 18.6. The van der Waals surface area contributed by atoms with E-state index in [1.54, 1.807) is 23.8 Å². The molecule has 134 valence electrons. The van der Waals surface area contributed by atoms with Crippen molar-refractivity contribution in [1.82, 2.24) is 19.9 Å². The molecule has 0 aromatic carbocycles. The van der Waals surface area contributed by atoms with Crippen molar-refractivity contribution in [3.8, 4) is 11.5 Å². The Morgan fingerprint density at radius 3 is 2.70 bits per heavy atom. The van der Waals surface area contributed by atoms with Gasteiger partial charge in [0.15, 0.2) is 16.6 Å². The Morgan fingerprint density at radius 1 is 1.04 bits per heavy atom. The third kappa shape index (κ3) is 3.72. The van der Waals surface area contributed by atoms with E-state index in [1.807, 2.05) is 0 Å². The molecular formula is C16H10N6O4S. The van der Waals surface area contributed by atoms with Crippen LogP contribution in [0, 0.1) is 0 Å². The molecule has 0 saturated carbocycles. The maximum atomic E-state index is 12.3. The molecule has 27 heavy (non-hydrogen) atoms. The van der Waals surface area contributed by atoms with Crippen molar-refractivity contribution in [2.75, 3.05) is 10.6 Å². The van der Waals surface area contributed by atoms with Crippen molar-refractivity contribution in [3.63, 3.8) is 0 Å². The first kappa shape index (κ1) is 16.6. The van der Waals surface area contributed by atoms with E-state index < -0.39 is 11.8 Å². The minimum Gasteiger partial charge on any atom is -0.463 e. The Morgan fingerprint density at radius 2 is 1.93 bits per heavy atom. The summed E-state index contributed by atoms with van der Waals surface area (Å²) in [6.45, 7) is 0. The summed E-state index contributed by atoms with van der Waals surface area (Å²) in [7, 11) is 0. The summed E-state index contributed by atoms with van der Waals surface area (Å²) in [5.41, 5.74) is 0.687. The smallest absolute Gasteiger partial charge is 0.302 e. The van der Waals surface area contributed by atoms with Crippen LogP contribution in [-0.4, -0.2) is 31.8 Å². The van der Waals surface area contributed by atoms with Crippen LogP contribution >= 0.6 is 11.3 Å². The van der Waals surface area contributed by atoms with Gasteiger partial charge in [-0.25, -0.2) is 9.97 Å². The molecule has 0 fully saturated rings. The third-order valence-electron chi connectivity index (χ3n) is 3.25. The number of hydrogen-bond acceptors (Lipinski definition) is 9. The lowest BCUT2D eigenvalue weighted by Gasteiger charge is -1.98. The molecule has 2 N–H and O–H groups in total. The van der Waals surface area contributed by atoms with Gasteiger partial charge in [0.2, 0.25) is 0 Å². The minimum absolute atomic E-state index is 0.0146. The van der Waals surface area contributed by atoms with Crippen LogP contribution < -0.4 is 10.6 Å².